The van der Waals surface area contributed by atoms with Gasteiger partial charge in [0.1, 0.15) is 0 Å². The van der Waals surface area contributed by atoms with Crippen LogP contribution >= 0.6 is 0 Å². The Kier molecular flexibility index (Phi) is 5.02. The number of esters is 1. The topological polar surface area (TPSA) is 62.1 Å². The number of anilines is 1. The van der Waals surface area contributed by atoms with E-state index in [1.54, 1.807) is 13.0 Å². The average molecular weight is 232 g/mol. The van der Waals surface area contributed by atoms with Crippen LogP contribution in [0.3, 0.4) is 0 Å². The van der Waals surface area contributed by atoms with Gasteiger partial charge in [0.25, 0.3) is 0 Å². The van der Waals surface area contributed by atoms with Crippen LogP contribution in [0.15, 0.2) is 18.2 Å². The molecule has 0 saturated heterocycles. The van der Waals surface area contributed by atoms with Crippen LogP contribution in [0, 0.1) is 18.3 Å². The van der Waals surface area contributed by atoms with Crippen molar-refractivity contribution >= 4 is 11.7 Å². The lowest BCUT2D eigenvalue weighted by atomic mass is 10.1. The van der Waals surface area contributed by atoms with Gasteiger partial charge in [0.2, 0.25) is 0 Å². The highest BCUT2D eigenvalue weighted by molar-refractivity contribution is 5.70. The van der Waals surface area contributed by atoms with Gasteiger partial charge < -0.3 is 10.1 Å². The third kappa shape index (κ3) is 4.15. The normalized spacial score (nSPS) is 9.47. The van der Waals surface area contributed by atoms with E-state index in [1.165, 1.54) is 0 Å². The van der Waals surface area contributed by atoms with E-state index >= 15 is 0 Å². The van der Waals surface area contributed by atoms with Crippen molar-refractivity contribution in [3.8, 4) is 6.07 Å². The zero-order valence-corrected chi connectivity index (χ0v) is 10.1. The molecule has 4 heteroatoms. The van der Waals surface area contributed by atoms with E-state index in [2.05, 4.69) is 11.4 Å². The number of nitrogens with zero attached hydrogens (tertiary/aromatic N) is 1. The first kappa shape index (κ1) is 13.0. The molecule has 1 N–H and O–H groups in total. The van der Waals surface area contributed by atoms with Crippen molar-refractivity contribution in [3.05, 3.63) is 29.3 Å². The average Bonchev–Trinajstić information content (AvgIpc) is 2.31. The Bertz CT molecular complexity index is 436. The Balaban J connectivity index is 2.47. The van der Waals surface area contributed by atoms with Gasteiger partial charge in [-0.25, -0.2) is 0 Å². The Labute approximate surface area is 101 Å². The highest BCUT2D eigenvalue weighted by Crippen LogP contribution is 2.15. The van der Waals surface area contributed by atoms with Gasteiger partial charge in [-0.1, -0.05) is 0 Å². The summed E-state index contributed by atoms with van der Waals surface area (Å²) in [7, 11) is 0. The van der Waals surface area contributed by atoms with E-state index < -0.39 is 0 Å². The van der Waals surface area contributed by atoms with Crippen LogP contribution in [0.4, 0.5) is 5.69 Å². The second-order valence-electron chi connectivity index (χ2n) is 3.62. The van der Waals surface area contributed by atoms with Crippen molar-refractivity contribution in [2.45, 2.75) is 20.3 Å². The largest absolute Gasteiger partial charge is 0.466 e. The molecule has 1 aromatic carbocycles. The first-order valence-electron chi connectivity index (χ1n) is 5.57. The molecule has 0 bridgehead atoms. The molecule has 0 aliphatic heterocycles. The molecule has 0 heterocycles. The van der Waals surface area contributed by atoms with Gasteiger partial charge in [0, 0.05) is 12.2 Å². The van der Waals surface area contributed by atoms with Gasteiger partial charge in [0.15, 0.2) is 0 Å². The molecule has 0 aliphatic rings. The second kappa shape index (κ2) is 6.54. The molecular formula is C13H16N2O2. The maximum atomic E-state index is 11.1. The van der Waals surface area contributed by atoms with Crippen LogP contribution in [0.1, 0.15) is 24.5 Å². The number of carbonyl (C=O) groups is 1. The molecule has 0 amide bonds. The van der Waals surface area contributed by atoms with E-state index in [0.29, 0.717) is 25.1 Å². The van der Waals surface area contributed by atoms with Crippen molar-refractivity contribution in [1.82, 2.24) is 0 Å². The first-order valence-corrected chi connectivity index (χ1v) is 5.57. The smallest absolute Gasteiger partial charge is 0.307 e. The predicted molar refractivity (Wildman–Crippen MR) is 65.6 cm³/mol. The lowest BCUT2D eigenvalue weighted by Crippen LogP contribution is -2.11. The van der Waals surface area contributed by atoms with Crippen LogP contribution in [0.5, 0.6) is 0 Å². The summed E-state index contributed by atoms with van der Waals surface area (Å²) >= 11 is 0. The van der Waals surface area contributed by atoms with E-state index in [-0.39, 0.29) is 5.97 Å². The number of rotatable bonds is 5. The number of carbonyl (C=O) groups excluding carboxylic acids is 1. The molecule has 0 aliphatic carbocycles. The summed E-state index contributed by atoms with van der Waals surface area (Å²) in [6.45, 7) is 4.66. The zero-order valence-electron chi connectivity index (χ0n) is 10.1. The van der Waals surface area contributed by atoms with Crippen molar-refractivity contribution in [1.29, 1.82) is 5.26 Å². The third-order valence-electron chi connectivity index (χ3n) is 2.31. The summed E-state index contributed by atoms with van der Waals surface area (Å²) < 4.78 is 4.82. The van der Waals surface area contributed by atoms with Crippen LogP contribution in [-0.2, 0) is 9.53 Å². The molecule has 0 unspecified atom stereocenters. The highest BCUT2D eigenvalue weighted by atomic mass is 16.5. The molecule has 0 saturated carbocycles. The number of benzene rings is 1. The minimum absolute atomic E-state index is 0.203. The molecule has 0 radical (unpaired) electrons. The van der Waals surface area contributed by atoms with Gasteiger partial charge in [-0.3, -0.25) is 4.79 Å². The third-order valence-corrected chi connectivity index (χ3v) is 2.31. The maximum absolute atomic E-state index is 11.1. The van der Waals surface area contributed by atoms with Crippen LogP contribution in [0.2, 0.25) is 0 Å². The Morgan fingerprint density at radius 3 is 2.88 bits per heavy atom. The summed E-state index contributed by atoms with van der Waals surface area (Å²) in [5.74, 6) is -0.203. The number of ether oxygens (including phenoxy) is 1. The fourth-order valence-corrected chi connectivity index (χ4v) is 1.46. The Morgan fingerprint density at radius 2 is 2.29 bits per heavy atom. The van der Waals surface area contributed by atoms with Gasteiger partial charge in [-0.2, -0.15) is 5.26 Å². The fraction of sp³-hybridized carbons (Fsp3) is 0.385. The Hall–Kier alpha value is -2.02. The van der Waals surface area contributed by atoms with Crippen molar-refractivity contribution in [2.75, 3.05) is 18.5 Å². The number of aryl methyl sites for hydroxylation is 1. The van der Waals surface area contributed by atoms with E-state index in [4.69, 9.17) is 10.00 Å². The van der Waals surface area contributed by atoms with Gasteiger partial charge >= 0.3 is 5.97 Å². The standard InChI is InChI=1S/C13H16N2O2/c1-3-17-13(16)6-7-15-12-5-4-11(9-14)8-10(12)2/h4-5,8,15H,3,6-7H2,1-2H3. The number of hydrogen-bond donors (Lipinski definition) is 1. The number of nitrogens with one attached hydrogen (secondary N) is 1. The van der Waals surface area contributed by atoms with Gasteiger partial charge in [0.05, 0.1) is 24.7 Å². The molecule has 1 rings (SSSR count). The quantitative estimate of drug-likeness (QED) is 0.791. The first-order chi connectivity index (χ1) is 8.17. The minimum atomic E-state index is -0.203. The Morgan fingerprint density at radius 1 is 1.53 bits per heavy atom. The molecule has 17 heavy (non-hydrogen) atoms. The van der Waals surface area contributed by atoms with Crippen molar-refractivity contribution in [3.63, 3.8) is 0 Å². The van der Waals surface area contributed by atoms with E-state index in [0.717, 1.165) is 11.3 Å². The molecule has 0 aromatic heterocycles. The van der Waals surface area contributed by atoms with Crippen LogP contribution in [-0.4, -0.2) is 19.1 Å². The zero-order chi connectivity index (χ0) is 12.7. The van der Waals surface area contributed by atoms with Crippen LogP contribution in [0.25, 0.3) is 0 Å². The highest BCUT2D eigenvalue weighted by Gasteiger charge is 2.03. The fourth-order valence-electron chi connectivity index (χ4n) is 1.46. The molecule has 0 spiro atoms. The minimum Gasteiger partial charge on any atom is -0.466 e. The predicted octanol–water partition coefficient (Wildman–Crippen LogP) is 2.23. The molecule has 0 fully saturated rings. The number of hydrogen-bond acceptors (Lipinski definition) is 4. The summed E-state index contributed by atoms with van der Waals surface area (Å²) in [5.41, 5.74) is 2.57. The van der Waals surface area contributed by atoms with E-state index in [1.807, 2.05) is 19.1 Å². The van der Waals surface area contributed by atoms with Crippen molar-refractivity contribution < 1.29 is 9.53 Å². The molecule has 1 aromatic rings. The molecule has 4 nitrogen and oxygen atoms in total. The second-order valence-corrected chi connectivity index (χ2v) is 3.62. The lowest BCUT2D eigenvalue weighted by molar-refractivity contribution is -0.142. The van der Waals surface area contributed by atoms with Gasteiger partial charge in [-0.05, 0) is 37.6 Å². The molecule has 90 valence electrons. The number of nitriles is 1. The summed E-state index contributed by atoms with van der Waals surface area (Å²) in [6, 6.07) is 7.49. The molecule has 0 atom stereocenters. The maximum Gasteiger partial charge on any atom is 0.307 e. The monoisotopic (exact) mass is 232 g/mol. The van der Waals surface area contributed by atoms with E-state index in [9.17, 15) is 4.79 Å². The summed E-state index contributed by atoms with van der Waals surface area (Å²) in [4.78, 5) is 11.1. The lowest BCUT2D eigenvalue weighted by Gasteiger charge is -2.09. The van der Waals surface area contributed by atoms with Gasteiger partial charge in [-0.15, -0.1) is 0 Å². The summed E-state index contributed by atoms with van der Waals surface area (Å²) in [6.07, 6.45) is 0.341. The van der Waals surface area contributed by atoms with Crippen LogP contribution < -0.4 is 5.32 Å². The SMILES string of the molecule is CCOC(=O)CCNc1ccc(C#N)cc1C. The van der Waals surface area contributed by atoms with Crippen molar-refractivity contribution in [2.24, 2.45) is 0 Å². The molecular weight excluding hydrogens is 216 g/mol. The summed E-state index contributed by atoms with van der Waals surface area (Å²) in [5, 5.41) is 11.9.